The van der Waals surface area contributed by atoms with Gasteiger partial charge in [-0.3, -0.25) is 4.79 Å². The summed E-state index contributed by atoms with van der Waals surface area (Å²) in [6, 6.07) is 7.64. The zero-order valence-electron chi connectivity index (χ0n) is 14.3. The number of halogens is 1. The van der Waals surface area contributed by atoms with Crippen molar-refractivity contribution >= 4 is 28.0 Å². The molecule has 1 aromatic carbocycles. The van der Waals surface area contributed by atoms with Crippen molar-refractivity contribution in [1.29, 1.82) is 0 Å². The quantitative estimate of drug-likeness (QED) is 0.833. The summed E-state index contributed by atoms with van der Waals surface area (Å²) in [5.41, 5.74) is -0.610. The van der Waals surface area contributed by atoms with E-state index in [1.165, 1.54) is 4.90 Å². The second-order valence-corrected chi connectivity index (χ2v) is 8.31. The minimum Gasteiger partial charge on any atom is -0.481 e. The fraction of sp³-hybridized carbons (Fsp3) is 0.556. The van der Waals surface area contributed by atoms with Crippen LogP contribution in [0.4, 0.5) is 4.79 Å². The molecule has 1 atom stereocenters. The summed E-state index contributed by atoms with van der Waals surface area (Å²) in [7, 11) is 0. The second kappa shape index (κ2) is 7.13. The Balaban J connectivity index is 2.18. The maximum Gasteiger partial charge on any atom is 0.410 e. The standard InChI is InChI=1S/C18H24BrNO4/c1-17(2,3)24-16(23)20-10-4-9-18(12-20,15(21)22)11-13-5-7-14(19)8-6-13/h5-8H,4,9-12H2,1-3H3,(H,21,22). The van der Waals surface area contributed by atoms with Crippen LogP contribution in [0.25, 0.3) is 0 Å². The number of amides is 1. The summed E-state index contributed by atoms with van der Waals surface area (Å²) in [6.45, 7) is 6.13. The zero-order valence-corrected chi connectivity index (χ0v) is 15.9. The fourth-order valence-electron chi connectivity index (χ4n) is 3.00. The molecular formula is C18H24BrNO4. The molecule has 24 heavy (non-hydrogen) atoms. The van der Waals surface area contributed by atoms with Crippen molar-refractivity contribution in [2.45, 2.75) is 45.6 Å². The molecule has 1 heterocycles. The van der Waals surface area contributed by atoms with Gasteiger partial charge in [0, 0.05) is 17.6 Å². The van der Waals surface area contributed by atoms with Crippen molar-refractivity contribution in [2.75, 3.05) is 13.1 Å². The number of piperidine rings is 1. The van der Waals surface area contributed by atoms with Crippen LogP contribution in [0, 0.1) is 5.41 Å². The Bertz CT molecular complexity index is 608. The molecular weight excluding hydrogens is 374 g/mol. The lowest BCUT2D eigenvalue weighted by Gasteiger charge is -2.40. The molecule has 0 aliphatic carbocycles. The van der Waals surface area contributed by atoms with Gasteiger partial charge in [0.25, 0.3) is 0 Å². The van der Waals surface area contributed by atoms with E-state index in [4.69, 9.17) is 4.74 Å². The molecule has 132 valence electrons. The average molecular weight is 398 g/mol. The third kappa shape index (κ3) is 4.72. The monoisotopic (exact) mass is 397 g/mol. The van der Waals surface area contributed by atoms with Gasteiger partial charge < -0.3 is 14.7 Å². The van der Waals surface area contributed by atoms with Gasteiger partial charge in [0.1, 0.15) is 5.60 Å². The third-order valence-electron chi connectivity index (χ3n) is 4.14. The Morgan fingerprint density at radius 3 is 2.46 bits per heavy atom. The molecule has 0 bridgehead atoms. The lowest BCUT2D eigenvalue weighted by Crippen LogP contribution is -2.52. The lowest BCUT2D eigenvalue weighted by atomic mass is 9.75. The van der Waals surface area contributed by atoms with Gasteiger partial charge in [0.2, 0.25) is 0 Å². The molecule has 1 amide bonds. The first-order chi connectivity index (χ1) is 11.1. The predicted molar refractivity (Wildman–Crippen MR) is 95.0 cm³/mol. The number of carboxylic acids is 1. The summed E-state index contributed by atoms with van der Waals surface area (Å²) in [4.78, 5) is 25.9. The number of rotatable bonds is 3. The van der Waals surface area contributed by atoms with Crippen LogP contribution < -0.4 is 0 Å². The molecule has 0 radical (unpaired) electrons. The highest BCUT2D eigenvalue weighted by Crippen LogP contribution is 2.35. The Kier molecular flexibility index (Phi) is 5.58. The Morgan fingerprint density at radius 2 is 1.92 bits per heavy atom. The fourth-order valence-corrected chi connectivity index (χ4v) is 3.27. The number of carbonyl (C=O) groups excluding carboxylic acids is 1. The summed E-state index contributed by atoms with van der Waals surface area (Å²) in [5.74, 6) is -0.862. The Hall–Kier alpha value is -1.56. The minimum atomic E-state index is -0.969. The van der Waals surface area contributed by atoms with Crippen molar-refractivity contribution < 1.29 is 19.4 Å². The third-order valence-corrected chi connectivity index (χ3v) is 4.67. The average Bonchev–Trinajstić information content (AvgIpc) is 2.48. The van der Waals surface area contributed by atoms with Gasteiger partial charge >= 0.3 is 12.1 Å². The molecule has 0 saturated carbocycles. The molecule has 1 fully saturated rings. The van der Waals surface area contributed by atoms with Gasteiger partial charge in [0.15, 0.2) is 0 Å². The van der Waals surface area contributed by atoms with Gasteiger partial charge in [-0.15, -0.1) is 0 Å². The van der Waals surface area contributed by atoms with Crippen LogP contribution in [0.1, 0.15) is 39.2 Å². The number of hydrogen-bond donors (Lipinski definition) is 1. The Morgan fingerprint density at radius 1 is 1.29 bits per heavy atom. The molecule has 1 N–H and O–H groups in total. The van der Waals surface area contributed by atoms with E-state index in [2.05, 4.69) is 15.9 Å². The van der Waals surface area contributed by atoms with Crippen molar-refractivity contribution in [3.05, 3.63) is 34.3 Å². The molecule has 6 heteroatoms. The number of benzene rings is 1. The second-order valence-electron chi connectivity index (χ2n) is 7.39. The van der Waals surface area contributed by atoms with E-state index in [1.807, 2.05) is 24.3 Å². The molecule has 1 unspecified atom stereocenters. The van der Waals surface area contributed by atoms with Gasteiger partial charge in [-0.05, 0) is 57.7 Å². The van der Waals surface area contributed by atoms with Crippen molar-refractivity contribution in [2.24, 2.45) is 5.41 Å². The molecule has 2 rings (SSSR count). The van der Waals surface area contributed by atoms with Crippen LogP contribution in [0.5, 0.6) is 0 Å². The predicted octanol–water partition coefficient (Wildman–Crippen LogP) is 4.09. The number of nitrogens with zero attached hydrogens (tertiary/aromatic N) is 1. The number of carbonyl (C=O) groups is 2. The molecule has 1 aliphatic heterocycles. The van der Waals surface area contributed by atoms with Crippen molar-refractivity contribution in [3.63, 3.8) is 0 Å². The van der Waals surface area contributed by atoms with E-state index >= 15 is 0 Å². The maximum atomic E-state index is 12.3. The van der Waals surface area contributed by atoms with Crippen LogP contribution in [-0.4, -0.2) is 40.8 Å². The molecule has 1 saturated heterocycles. The highest BCUT2D eigenvalue weighted by molar-refractivity contribution is 9.10. The summed E-state index contributed by atoms with van der Waals surface area (Å²) in [6.07, 6.45) is 1.16. The maximum absolute atomic E-state index is 12.3. The normalized spacial score (nSPS) is 21.4. The van der Waals surface area contributed by atoms with Crippen molar-refractivity contribution in [3.8, 4) is 0 Å². The zero-order chi connectivity index (χ0) is 18.0. The van der Waals surface area contributed by atoms with E-state index in [0.29, 0.717) is 25.8 Å². The molecule has 0 spiro atoms. The highest BCUT2D eigenvalue weighted by Gasteiger charge is 2.44. The van der Waals surface area contributed by atoms with E-state index in [0.717, 1.165) is 10.0 Å². The van der Waals surface area contributed by atoms with Crippen LogP contribution in [-0.2, 0) is 16.0 Å². The van der Waals surface area contributed by atoms with Gasteiger partial charge in [-0.1, -0.05) is 28.1 Å². The summed E-state index contributed by atoms with van der Waals surface area (Å²) in [5, 5.41) is 9.85. The van der Waals surface area contributed by atoms with Crippen LogP contribution >= 0.6 is 15.9 Å². The minimum absolute atomic E-state index is 0.174. The Labute approximate surface area is 151 Å². The smallest absolute Gasteiger partial charge is 0.410 e. The first-order valence-corrected chi connectivity index (χ1v) is 8.86. The topological polar surface area (TPSA) is 66.8 Å². The number of ether oxygens (including phenoxy) is 1. The number of aliphatic carboxylic acids is 1. The van der Waals surface area contributed by atoms with E-state index in [-0.39, 0.29) is 6.54 Å². The van der Waals surface area contributed by atoms with E-state index in [1.54, 1.807) is 20.8 Å². The molecule has 1 aliphatic rings. The van der Waals surface area contributed by atoms with Crippen molar-refractivity contribution in [1.82, 2.24) is 4.90 Å². The number of hydrogen-bond acceptors (Lipinski definition) is 3. The van der Waals surface area contributed by atoms with E-state index < -0.39 is 23.1 Å². The highest BCUT2D eigenvalue weighted by atomic mass is 79.9. The van der Waals surface area contributed by atoms with Gasteiger partial charge in [-0.2, -0.15) is 0 Å². The first kappa shape index (κ1) is 18.8. The molecule has 5 nitrogen and oxygen atoms in total. The summed E-state index contributed by atoms with van der Waals surface area (Å²) < 4.78 is 6.36. The van der Waals surface area contributed by atoms with Crippen LogP contribution in [0.3, 0.4) is 0 Å². The van der Waals surface area contributed by atoms with Gasteiger partial charge in [-0.25, -0.2) is 4.79 Å². The van der Waals surface area contributed by atoms with Gasteiger partial charge in [0.05, 0.1) is 5.41 Å². The number of carboxylic acid groups (broad SMARTS) is 1. The van der Waals surface area contributed by atoms with Crippen LogP contribution in [0.2, 0.25) is 0 Å². The molecule has 1 aromatic rings. The first-order valence-electron chi connectivity index (χ1n) is 8.07. The van der Waals surface area contributed by atoms with Crippen LogP contribution in [0.15, 0.2) is 28.7 Å². The SMILES string of the molecule is CC(C)(C)OC(=O)N1CCCC(Cc2ccc(Br)cc2)(C(=O)O)C1. The largest absolute Gasteiger partial charge is 0.481 e. The summed E-state index contributed by atoms with van der Waals surface area (Å²) >= 11 is 3.38. The van der Waals surface area contributed by atoms with E-state index in [9.17, 15) is 14.7 Å². The lowest BCUT2D eigenvalue weighted by molar-refractivity contribution is -0.152. The molecule has 0 aromatic heterocycles. The number of likely N-dealkylation sites (tertiary alicyclic amines) is 1.